The minimum atomic E-state index is -1.82. The number of hydrogen-bond donors (Lipinski definition) is 6. The quantitative estimate of drug-likeness (QED) is 0.199. The van der Waals surface area contributed by atoms with E-state index in [0.29, 0.717) is 12.0 Å². The molecule has 3 aliphatic rings. The zero-order chi connectivity index (χ0) is 30.1. The van der Waals surface area contributed by atoms with E-state index < -0.39 is 72.8 Å². The first-order chi connectivity index (χ1) is 20.1. The lowest BCUT2D eigenvalue weighted by Gasteiger charge is -2.44. The highest BCUT2D eigenvalue weighted by atomic mass is 16.8. The number of esters is 2. The maximum Gasteiger partial charge on any atom is 0.343 e. The van der Waals surface area contributed by atoms with Crippen LogP contribution in [0.3, 0.4) is 0 Å². The number of phenolic OH excluding ortho intramolecular Hbond substituents is 3. The first kappa shape index (κ1) is 29.4. The molecule has 5 rings (SSSR count). The molecule has 2 aromatic rings. The second kappa shape index (κ2) is 12.0. The Hall–Kier alpha value is -4.14. The molecule has 0 aromatic heterocycles. The number of hydrogen-bond acceptors (Lipinski definition) is 13. The van der Waals surface area contributed by atoms with Crippen molar-refractivity contribution in [3.63, 3.8) is 0 Å². The molecule has 13 heteroatoms. The number of carbonyl (C=O) groups is 2. The molecule has 3 heterocycles. The zero-order valence-electron chi connectivity index (χ0n) is 22.1. The topological polar surface area (TPSA) is 202 Å². The second-order valence-corrected chi connectivity index (χ2v) is 10.1. The molecular formula is C29H30O13. The van der Waals surface area contributed by atoms with E-state index in [9.17, 15) is 40.2 Å². The van der Waals surface area contributed by atoms with Crippen molar-refractivity contribution in [3.8, 4) is 28.4 Å². The van der Waals surface area contributed by atoms with E-state index in [1.807, 2.05) is 0 Å². The van der Waals surface area contributed by atoms with Crippen LogP contribution in [0.5, 0.6) is 17.2 Å². The van der Waals surface area contributed by atoms with Crippen LogP contribution in [0.2, 0.25) is 0 Å². The molecule has 3 aliphatic heterocycles. The number of aliphatic hydroxyl groups excluding tert-OH is 3. The fraction of sp³-hybridized carbons (Fsp3) is 0.379. The van der Waals surface area contributed by atoms with Gasteiger partial charge in [0.05, 0.1) is 25.0 Å². The molecule has 0 saturated carbocycles. The van der Waals surface area contributed by atoms with Crippen molar-refractivity contribution in [1.82, 2.24) is 0 Å². The Balaban J connectivity index is 1.46. The number of ether oxygens (including phenoxy) is 5. The first-order valence-electron chi connectivity index (χ1n) is 13.1. The van der Waals surface area contributed by atoms with Crippen LogP contribution in [0.1, 0.15) is 16.8 Å². The van der Waals surface area contributed by atoms with Gasteiger partial charge >= 0.3 is 11.9 Å². The predicted molar refractivity (Wildman–Crippen MR) is 141 cm³/mol. The molecule has 8 atom stereocenters. The van der Waals surface area contributed by atoms with E-state index in [4.69, 9.17) is 23.7 Å². The van der Waals surface area contributed by atoms with E-state index in [1.54, 1.807) is 0 Å². The Bertz CT molecular complexity index is 1390. The van der Waals surface area contributed by atoms with Gasteiger partial charge in [-0.3, -0.25) is 0 Å². The van der Waals surface area contributed by atoms with E-state index in [0.717, 1.165) is 6.07 Å². The molecule has 0 bridgehead atoms. The highest BCUT2D eigenvalue weighted by molar-refractivity contribution is 6.00. The third kappa shape index (κ3) is 5.52. The van der Waals surface area contributed by atoms with Crippen LogP contribution in [0.4, 0.5) is 0 Å². The summed E-state index contributed by atoms with van der Waals surface area (Å²) < 4.78 is 27.9. The number of cyclic esters (lactones) is 1. The molecule has 42 heavy (non-hydrogen) atoms. The summed E-state index contributed by atoms with van der Waals surface area (Å²) in [6.45, 7) is 3.27. The van der Waals surface area contributed by atoms with Crippen LogP contribution in [0.25, 0.3) is 11.1 Å². The van der Waals surface area contributed by atoms with Crippen molar-refractivity contribution in [2.24, 2.45) is 11.8 Å². The SMILES string of the molecule is C=CC1C(OC2OC(CO)C(O)C(O)C2OC(=O)c2c(O)cc(O)cc2-c2cccc(O)c2)OC=C2C(=O)OCC[C@@H]21. The largest absolute Gasteiger partial charge is 0.508 e. The second-order valence-electron chi connectivity index (χ2n) is 10.1. The van der Waals surface area contributed by atoms with Crippen molar-refractivity contribution >= 4 is 11.9 Å². The normalized spacial score (nSPS) is 30.7. The number of benzene rings is 2. The van der Waals surface area contributed by atoms with Gasteiger partial charge in [0.1, 0.15) is 41.1 Å². The van der Waals surface area contributed by atoms with Gasteiger partial charge in [-0.05, 0) is 30.2 Å². The summed E-state index contributed by atoms with van der Waals surface area (Å²) in [5.74, 6) is -3.88. The van der Waals surface area contributed by atoms with Crippen molar-refractivity contribution in [2.75, 3.05) is 13.2 Å². The minimum absolute atomic E-state index is 0.00458. The number of phenols is 3. The van der Waals surface area contributed by atoms with E-state index in [1.165, 1.54) is 42.7 Å². The first-order valence-corrected chi connectivity index (χ1v) is 13.1. The van der Waals surface area contributed by atoms with Gasteiger partial charge in [-0.25, -0.2) is 9.59 Å². The fourth-order valence-electron chi connectivity index (χ4n) is 5.36. The summed E-state index contributed by atoms with van der Waals surface area (Å²) in [5.41, 5.74) is 0.119. The number of aliphatic hydroxyl groups is 3. The maximum absolute atomic E-state index is 13.5. The van der Waals surface area contributed by atoms with Crippen LogP contribution in [0, 0.1) is 11.8 Å². The average Bonchev–Trinajstić information content (AvgIpc) is 2.96. The molecule has 2 fully saturated rings. The van der Waals surface area contributed by atoms with Crippen LogP contribution in [-0.4, -0.2) is 92.8 Å². The van der Waals surface area contributed by atoms with E-state index in [-0.39, 0.29) is 35.2 Å². The Morgan fingerprint density at radius 3 is 2.57 bits per heavy atom. The zero-order valence-corrected chi connectivity index (χ0v) is 22.1. The van der Waals surface area contributed by atoms with Gasteiger partial charge in [0.2, 0.25) is 12.6 Å². The smallest absolute Gasteiger partial charge is 0.343 e. The lowest BCUT2D eigenvalue weighted by atomic mass is 9.81. The predicted octanol–water partition coefficient (Wildman–Crippen LogP) is 1.06. The Labute approximate surface area is 239 Å². The molecule has 0 amide bonds. The van der Waals surface area contributed by atoms with Crippen molar-refractivity contribution < 1.29 is 63.9 Å². The molecule has 0 radical (unpaired) electrons. The average molecular weight is 587 g/mol. The Morgan fingerprint density at radius 1 is 1.07 bits per heavy atom. The standard InChI is InChI=1S/C29H30O13/c1-2-16-17-6-7-38-26(36)19(17)12-39-28(16)42-29-25(24(35)23(34)21(11-30)40-29)41-27(37)22-18(9-15(32)10-20(22)33)13-4-3-5-14(31)8-13/h2-5,8-10,12,16-17,21,23-25,28-35H,1,6-7,11H2/t16?,17-,21?,23?,24?,25?,28?,29?/m1/s1. The molecule has 224 valence electrons. The van der Waals surface area contributed by atoms with Crippen LogP contribution < -0.4 is 0 Å². The van der Waals surface area contributed by atoms with Crippen molar-refractivity contribution in [3.05, 3.63) is 66.5 Å². The van der Waals surface area contributed by atoms with Gasteiger partial charge in [-0.2, -0.15) is 0 Å². The summed E-state index contributed by atoms with van der Waals surface area (Å²) in [5, 5.41) is 61.9. The summed E-state index contributed by atoms with van der Waals surface area (Å²) >= 11 is 0. The molecule has 2 aromatic carbocycles. The number of fused-ring (bicyclic) bond motifs is 1. The lowest BCUT2D eigenvalue weighted by molar-refractivity contribution is -0.338. The minimum Gasteiger partial charge on any atom is -0.508 e. The third-order valence-corrected chi connectivity index (χ3v) is 7.48. The number of rotatable bonds is 7. The highest BCUT2D eigenvalue weighted by Crippen LogP contribution is 2.40. The van der Waals surface area contributed by atoms with Gasteiger partial charge in [-0.15, -0.1) is 6.58 Å². The van der Waals surface area contributed by atoms with Crippen molar-refractivity contribution in [1.29, 1.82) is 0 Å². The van der Waals surface area contributed by atoms with Gasteiger partial charge in [0, 0.05) is 23.5 Å². The monoisotopic (exact) mass is 586 g/mol. The van der Waals surface area contributed by atoms with Gasteiger partial charge in [0.15, 0.2) is 6.10 Å². The number of aromatic hydroxyl groups is 3. The van der Waals surface area contributed by atoms with Crippen LogP contribution in [-0.2, 0) is 28.5 Å². The molecule has 0 aliphatic carbocycles. The summed E-state index contributed by atoms with van der Waals surface area (Å²) in [6.07, 6.45) is -6.13. The molecule has 7 unspecified atom stereocenters. The molecule has 0 spiro atoms. The third-order valence-electron chi connectivity index (χ3n) is 7.48. The van der Waals surface area contributed by atoms with Gasteiger partial charge in [-0.1, -0.05) is 18.2 Å². The van der Waals surface area contributed by atoms with Crippen molar-refractivity contribution in [2.45, 2.75) is 43.4 Å². The van der Waals surface area contributed by atoms with Crippen LogP contribution in [0.15, 0.2) is 60.9 Å². The van der Waals surface area contributed by atoms with Crippen LogP contribution >= 0.6 is 0 Å². The summed E-state index contributed by atoms with van der Waals surface area (Å²) in [4.78, 5) is 25.7. The Morgan fingerprint density at radius 2 is 1.86 bits per heavy atom. The number of carbonyl (C=O) groups excluding carboxylic acids is 2. The fourth-order valence-corrected chi connectivity index (χ4v) is 5.36. The Kier molecular flexibility index (Phi) is 8.38. The lowest BCUT2D eigenvalue weighted by Crippen LogP contribution is -2.61. The van der Waals surface area contributed by atoms with Gasteiger partial charge < -0.3 is 54.3 Å². The molecule has 2 saturated heterocycles. The van der Waals surface area contributed by atoms with E-state index in [2.05, 4.69) is 6.58 Å². The summed E-state index contributed by atoms with van der Waals surface area (Å²) in [7, 11) is 0. The summed E-state index contributed by atoms with van der Waals surface area (Å²) in [6, 6.07) is 7.77. The maximum atomic E-state index is 13.5. The van der Waals surface area contributed by atoms with Gasteiger partial charge in [0.25, 0.3) is 0 Å². The highest BCUT2D eigenvalue weighted by Gasteiger charge is 2.50. The molecular weight excluding hydrogens is 556 g/mol. The molecule has 6 N–H and O–H groups in total. The molecule has 13 nitrogen and oxygen atoms in total. The van der Waals surface area contributed by atoms with E-state index >= 15 is 0 Å².